The van der Waals surface area contributed by atoms with Crippen molar-refractivity contribution in [1.29, 1.82) is 0 Å². The van der Waals surface area contributed by atoms with Gasteiger partial charge in [0.05, 0.1) is 12.4 Å². The van der Waals surface area contributed by atoms with Gasteiger partial charge in [-0.25, -0.2) is 9.97 Å². The molecule has 1 fully saturated rings. The van der Waals surface area contributed by atoms with Crippen molar-refractivity contribution in [1.82, 2.24) is 24.4 Å². The first kappa shape index (κ1) is 15.7. The average Bonchev–Trinajstić information content (AvgIpc) is 3.28. The van der Waals surface area contributed by atoms with Crippen molar-refractivity contribution in [2.45, 2.75) is 45.5 Å². The van der Waals surface area contributed by atoms with Gasteiger partial charge >= 0.3 is 0 Å². The van der Waals surface area contributed by atoms with Crippen LogP contribution in [0.3, 0.4) is 0 Å². The van der Waals surface area contributed by atoms with E-state index in [0.29, 0.717) is 6.61 Å². The summed E-state index contributed by atoms with van der Waals surface area (Å²) in [6, 6.07) is -0.143. The monoisotopic (exact) mass is 317 g/mol. The van der Waals surface area contributed by atoms with E-state index in [1.165, 1.54) is 0 Å². The summed E-state index contributed by atoms with van der Waals surface area (Å²) in [6.45, 7) is 6.21. The molecule has 1 aliphatic rings. The molecule has 0 spiro atoms. The standard InChI is InChI=1S/C16H23N5O2/c1-3-21-8-6-18-15(21)12(2)19-16(22)14-13(4-9-23-14)10-20-7-5-17-11-20/h5-8,11-14H,3-4,9-10H2,1-2H3,(H,19,22)/t12?,13-,14-/m1/s1. The van der Waals surface area contributed by atoms with Crippen molar-refractivity contribution in [2.75, 3.05) is 6.61 Å². The van der Waals surface area contributed by atoms with Gasteiger partial charge in [-0.2, -0.15) is 0 Å². The Morgan fingerprint density at radius 3 is 3.09 bits per heavy atom. The van der Waals surface area contributed by atoms with Crippen LogP contribution in [-0.4, -0.2) is 37.7 Å². The van der Waals surface area contributed by atoms with Crippen LogP contribution in [0, 0.1) is 5.92 Å². The highest BCUT2D eigenvalue weighted by Gasteiger charge is 2.35. The molecule has 0 aliphatic carbocycles. The average molecular weight is 317 g/mol. The van der Waals surface area contributed by atoms with Gasteiger partial charge in [0.25, 0.3) is 0 Å². The van der Waals surface area contributed by atoms with Gasteiger partial charge in [0.1, 0.15) is 11.9 Å². The SMILES string of the molecule is CCn1ccnc1C(C)NC(=O)[C@@H]1OCC[C@@H]1Cn1ccnc1. The number of nitrogens with zero attached hydrogens (tertiary/aromatic N) is 4. The lowest BCUT2D eigenvalue weighted by Crippen LogP contribution is -2.40. The first-order valence-electron chi connectivity index (χ1n) is 8.07. The Balaban J connectivity index is 1.62. The van der Waals surface area contributed by atoms with Crippen molar-refractivity contribution >= 4 is 5.91 Å². The van der Waals surface area contributed by atoms with E-state index in [0.717, 1.165) is 25.3 Å². The fourth-order valence-corrected chi connectivity index (χ4v) is 3.10. The third kappa shape index (κ3) is 3.44. The first-order chi connectivity index (χ1) is 11.2. The van der Waals surface area contributed by atoms with E-state index >= 15 is 0 Å². The number of nitrogens with one attached hydrogen (secondary N) is 1. The summed E-state index contributed by atoms with van der Waals surface area (Å²) in [7, 11) is 0. The summed E-state index contributed by atoms with van der Waals surface area (Å²) in [5.74, 6) is 0.970. The first-order valence-corrected chi connectivity index (χ1v) is 8.07. The lowest BCUT2D eigenvalue weighted by atomic mass is 10.0. The lowest BCUT2D eigenvalue weighted by Gasteiger charge is -2.21. The molecule has 2 aromatic heterocycles. The van der Waals surface area contributed by atoms with Gasteiger partial charge < -0.3 is 19.2 Å². The van der Waals surface area contributed by atoms with Crippen LogP contribution < -0.4 is 5.32 Å². The van der Waals surface area contributed by atoms with Crippen molar-refractivity contribution < 1.29 is 9.53 Å². The number of hydrogen-bond donors (Lipinski definition) is 1. The second-order valence-corrected chi connectivity index (χ2v) is 5.90. The molecule has 0 radical (unpaired) electrons. The minimum absolute atomic E-state index is 0.0641. The van der Waals surface area contributed by atoms with Gasteiger partial charge in [-0.3, -0.25) is 4.79 Å². The summed E-state index contributed by atoms with van der Waals surface area (Å²) in [5.41, 5.74) is 0. The summed E-state index contributed by atoms with van der Waals surface area (Å²) >= 11 is 0. The number of carbonyl (C=O) groups excluding carboxylic acids is 1. The van der Waals surface area contributed by atoms with E-state index in [4.69, 9.17) is 4.74 Å². The zero-order chi connectivity index (χ0) is 16.2. The fourth-order valence-electron chi connectivity index (χ4n) is 3.10. The predicted molar refractivity (Wildman–Crippen MR) is 84.5 cm³/mol. The quantitative estimate of drug-likeness (QED) is 0.873. The number of imidazole rings is 2. The van der Waals surface area contributed by atoms with Crippen LogP contribution >= 0.6 is 0 Å². The second kappa shape index (κ2) is 6.95. The summed E-state index contributed by atoms with van der Waals surface area (Å²) in [5, 5.41) is 3.04. The van der Waals surface area contributed by atoms with Crippen molar-refractivity contribution in [3.8, 4) is 0 Å². The normalized spacial score (nSPS) is 22.2. The maximum Gasteiger partial charge on any atom is 0.250 e. The Labute approximate surface area is 135 Å². The highest BCUT2D eigenvalue weighted by molar-refractivity contribution is 5.81. The topological polar surface area (TPSA) is 74.0 Å². The summed E-state index contributed by atoms with van der Waals surface area (Å²) < 4.78 is 9.70. The minimum Gasteiger partial charge on any atom is -0.368 e. The van der Waals surface area contributed by atoms with Gasteiger partial charge in [-0.1, -0.05) is 0 Å². The Morgan fingerprint density at radius 1 is 1.48 bits per heavy atom. The maximum absolute atomic E-state index is 12.6. The predicted octanol–water partition coefficient (Wildman–Crippen LogP) is 1.38. The van der Waals surface area contributed by atoms with E-state index in [-0.39, 0.29) is 17.9 Å². The largest absolute Gasteiger partial charge is 0.368 e. The van der Waals surface area contributed by atoms with Crippen LogP contribution in [0.15, 0.2) is 31.1 Å². The third-order valence-electron chi connectivity index (χ3n) is 4.31. The zero-order valence-electron chi connectivity index (χ0n) is 13.6. The molecule has 1 saturated heterocycles. The van der Waals surface area contributed by atoms with Crippen LogP contribution in [0.1, 0.15) is 32.1 Å². The molecule has 2 aromatic rings. The molecule has 0 saturated carbocycles. The van der Waals surface area contributed by atoms with E-state index in [2.05, 4.69) is 22.2 Å². The number of aryl methyl sites for hydroxylation is 1. The fraction of sp³-hybridized carbons (Fsp3) is 0.562. The van der Waals surface area contributed by atoms with Crippen molar-refractivity contribution in [3.05, 3.63) is 36.9 Å². The van der Waals surface area contributed by atoms with E-state index < -0.39 is 6.10 Å². The van der Waals surface area contributed by atoms with Crippen LogP contribution in [0.2, 0.25) is 0 Å². The van der Waals surface area contributed by atoms with E-state index in [1.54, 1.807) is 18.7 Å². The van der Waals surface area contributed by atoms with Crippen LogP contribution in [-0.2, 0) is 22.6 Å². The molecule has 1 amide bonds. The molecular formula is C16H23N5O2. The Kier molecular flexibility index (Phi) is 4.76. The Bertz CT molecular complexity index is 637. The molecule has 3 atom stereocenters. The zero-order valence-corrected chi connectivity index (χ0v) is 13.6. The molecule has 1 unspecified atom stereocenters. The number of ether oxygens (including phenoxy) is 1. The second-order valence-electron chi connectivity index (χ2n) is 5.90. The maximum atomic E-state index is 12.6. The van der Waals surface area contributed by atoms with Crippen molar-refractivity contribution in [3.63, 3.8) is 0 Å². The molecule has 0 bridgehead atoms. The smallest absolute Gasteiger partial charge is 0.250 e. The molecule has 3 heterocycles. The number of hydrogen-bond acceptors (Lipinski definition) is 4. The molecule has 7 nitrogen and oxygen atoms in total. The van der Waals surface area contributed by atoms with Crippen molar-refractivity contribution in [2.24, 2.45) is 5.92 Å². The molecule has 1 aliphatic heterocycles. The van der Waals surface area contributed by atoms with Gasteiger partial charge in [0.15, 0.2) is 0 Å². The van der Waals surface area contributed by atoms with Gasteiger partial charge in [-0.05, 0) is 20.3 Å². The third-order valence-corrected chi connectivity index (χ3v) is 4.31. The summed E-state index contributed by atoms with van der Waals surface area (Å²) in [6.07, 6.45) is 9.58. The Hall–Kier alpha value is -2.15. The number of carbonyl (C=O) groups is 1. The molecular weight excluding hydrogens is 294 g/mol. The highest BCUT2D eigenvalue weighted by atomic mass is 16.5. The molecule has 1 N–H and O–H groups in total. The van der Waals surface area contributed by atoms with Gasteiger partial charge in [0.2, 0.25) is 5.91 Å². The minimum atomic E-state index is -0.412. The van der Waals surface area contributed by atoms with Crippen LogP contribution in [0.25, 0.3) is 0 Å². The molecule has 3 rings (SSSR count). The summed E-state index contributed by atoms with van der Waals surface area (Å²) in [4.78, 5) is 21.0. The van der Waals surface area contributed by atoms with E-state index in [1.807, 2.05) is 28.5 Å². The molecule has 23 heavy (non-hydrogen) atoms. The number of amides is 1. The molecule has 124 valence electrons. The van der Waals surface area contributed by atoms with Gasteiger partial charge in [-0.15, -0.1) is 0 Å². The van der Waals surface area contributed by atoms with Crippen LogP contribution in [0.4, 0.5) is 0 Å². The van der Waals surface area contributed by atoms with E-state index in [9.17, 15) is 4.79 Å². The molecule has 7 heteroatoms. The number of rotatable bonds is 6. The number of aromatic nitrogens is 4. The highest BCUT2D eigenvalue weighted by Crippen LogP contribution is 2.24. The van der Waals surface area contributed by atoms with Gasteiger partial charge in [0, 0.05) is 50.4 Å². The van der Waals surface area contributed by atoms with Crippen LogP contribution in [0.5, 0.6) is 0 Å². The lowest BCUT2D eigenvalue weighted by molar-refractivity contribution is -0.132. The molecule has 0 aromatic carbocycles. The Morgan fingerprint density at radius 2 is 2.35 bits per heavy atom.